The summed E-state index contributed by atoms with van der Waals surface area (Å²) in [5, 5.41) is 6.49. The SMILES string of the molecule is CC(NC(=O)CN1CCCC(C(=O)Nc2ccc(Br)cn2)C1)c1ccccc1Cl. The number of hydrogen-bond donors (Lipinski definition) is 2. The highest BCUT2D eigenvalue weighted by molar-refractivity contribution is 9.10. The van der Waals surface area contributed by atoms with Crippen LogP contribution in [0.2, 0.25) is 5.02 Å². The van der Waals surface area contributed by atoms with Crippen LogP contribution in [0.3, 0.4) is 0 Å². The maximum absolute atomic E-state index is 12.6. The molecule has 1 aromatic heterocycles. The molecule has 0 bridgehead atoms. The predicted octanol–water partition coefficient (Wildman–Crippen LogP) is 4.03. The molecule has 6 nitrogen and oxygen atoms in total. The van der Waals surface area contributed by atoms with Crippen molar-refractivity contribution in [2.75, 3.05) is 25.0 Å². The summed E-state index contributed by atoms with van der Waals surface area (Å²) in [7, 11) is 0. The third kappa shape index (κ3) is 6.26. The van der Waals surface area contributed by atoms with Gasteiger partial charge < -0.3 is 10.6 Å². The van der Waals surface area contributed by atoms with E-state index in [0.717, 1.165) is 29.4 Å². The molecular weight excluding hydrogens is 456 g/mol. The Hall–Kier alpha value is -1.96. The second-order valence-corrected chi connectivity index (χ2v) is 8.56. The molecule has 1 aliphatic heterocycles. The molecule has 29 heavy (non-hydrogen) atoms. The van der Waals surface area contributed by atoms with E-state index in [4.69, 9.17) is 11.6 Å². The lowest BCUT2D eigenvalue weighted by atomic mass is 9.97. The molecule has 0 saturated carbocycles. The Morgan fingerprint density at radius 3 is 2.83 bits per heavy atom. The van der Waals surface area contributed by atoms with Crippen molar-refractivity contribution in [3.8, 4) is 0 Å². The number of likely N-dealkylation sites (tertiary alicyclic amines) is 1. The van der Waals surface area contributed by atoms with Gasteiger partial charge in [0.15, 0.2) is 0 Å². The largest absolute Gasteiger partial charge is 0.348 e. The van der Waals surface area contributed by atoms with E-state index >= 15 is 0 Å². The van der Waals surface area contributed by atoms with Crippen molar-refractivity contribution in [3.63, 3.8) is 0 Å². The van der Waals surface area contributed by atoms with E-state index in [1.54, 1.807) is 12.3 Å². The second kappa shape index (κ2) is 10.2. The minimum atomic E-state index is -0.177. The first kappa shape index (κ1) is 21.7. The fourth-order valence-corrected chi connectivity index (χ4v) is 4.02. The molecule has 2 amide bonds. The number of nitrogens with one attached hydrogen (secondary N) is 2. The van der Waals surface area contributed by atoms with Gasteiger partial charge in [0.2, 0.25) is 11.8 Å². The van der Waals surface area contributed by atoms with E-state index in [-0.39, 0.29) is 30.3 Å². The number of nitrogens with zero attached hydrogens (tertiary/aromatic N) is 2. The first-order chi connectivity index (χ1) is 13.9. The minimum Gasteiger partial charge on any atom is -0.348 e. The number of aromatic nitrogens is 1. The number of pyridine rings is 1. The Morgan fingerprint density at radius 1 is 1.31 bits per heavy atom. The zero-order valence-electron chi connectivity index (χ0n) is 16.2. The molecule has 2 heterocycles. The van der Waals surface area contributed by atoms with Crippen molar-refractivity contribution in [1.29, 1.82) is 0 Å². The van der Waals surface area contributed by atoms with Crippen molar-refractivity contribution in [2.24, 2.45) is 5.92 Å². The smallest absolute Gasteiger partial charge is 0.234 e. The summed E-state index contributed by atoms with van der Waals surface area (Å²) in [6.07, 6.45) is 3.32. The zero-order chi connectivity index (χ0) is 20.8. The Kier molecular flexibility index (Phi) is 7.64. The van der Waals surface area contributed by atoms with Gasteiger partial charge in [0.25, 0.3) is 0 Å². The molecule has 1 aliphatic rings. The average Bonchev–Trinajstić information content (AvgIpc) is 2.70. The highest BCUT2D eigenvalue weighted by atomic mass is 79.9. The number of hydrogen-bond acceptors (Lipinski definition) is 4. The van der Waals surface area contributed by atoms with E-state index in [1.807, 2.05) is 42.2 Å². The molecule has 8 heteroatoms. The Bertz CT molecular complexity index is 862. The lowest BCUT2D eigenvalue weighted by Crippen LogP contribution is -2.45. The molecule has 2 atom stereocenters. The summed E-state index contributed by atoms with van der Waals surface area (Å²) in [5.74, 6) is 0.229. The van der Waals surface area contributed by atoms with E-state index in [9.17, 15) is 9.59 Å². The van der Waals surface area contributed by atoms with Crippen LogP contribution in [0.25, 0.3) is 0 Å². The van der Waals surface area contributed by atoms with Gasteiger partial charge in [-0.25, -0.2) is 4.98 Å². The van der Waals surface area contributed by atoms with Crippen LogP contribution in [0.4, 0.5) is 5.82 Å². The fraction of sp³-hybridized carbons (Fsp3) is 0.381. The van der Waals surface area contributed by atoms with E-state index in [1.165, 1.54) is 0 Å². The molecule has 0 radical (unpaired) electrons. The summed E-state index contributed by atoms with van der Waals surface area (Å²) < 4.78 is 0.858. The normalized spacial score (nSPS) is 18.1. The number of benzene rings is 1. The maximum Gasteiger partial charge on any atom is 0.234 e. The first-order valence-electron chi connectivity index (χ1n) is 9.61. The van der Waals surface area contributed by atoms with Crippen molar-refractivity contribution in [2.45, 2.75) is 25.8 Å². The molecule has 1 saturated heterocycles. The molecule has 1 aromatic carbocycles. The quantitative estimate of drug-likeness (QED) is 0.656. The number of rotatable bonds is 6. The van der Waals surface area contributed by atoms with Gasteiger partial charge in [-0.15, -0.1) is 0 Å². The van der Waals surface area contributed by atoms with Crippen LogP contribution in [-0.4, -0.2) is 41.3 Å². The van der Waals surface area contributed by atoms with Crippen LogP contribution in [-0.2, 0) is 9.59 Å². The van der Waals surface area contributed by atoms with Gasteiger partial charge in [0.1, 0.15) is 5.82 Å². The van der Waals surface area contributed by atoms with Crippen LogP contribution in [0.5, 0.6) is 0 Å². The lowest BCUT2D eigenvalue weighted by molar-refractivity contribution is -0.126. The van der Waals surface area contributed by atoms with Gasteiger partial charge in [-0.05, 0) is 66.0 Å². The third-order valence-corrected chi connectivity index (χ3v) is 5.78. The van der Waals surface area contributed by atoms with Crippen LogP contribution in [0.15, 0.2) is 47.1 Å². The molecule has 0 aliphatic carbocycles. The zero-order valence-corrected chi connectivity index (χ0v) is 18.5. The number of amides is 2. The van der Waals surface area contributed by atoms with Crippen LogP contribution in [0.1, 0.15) is 31.4 Å². The predicted molar refractivity (Wildman–Crippen MR) is 118 cm³/mol. The van der Waals surface area contributed by atoms with Crippen molar-refractivity contribution >= 4 is 45.2 Å². The molecule has 2 N–H and O–H groups in total. The minimum absolute atomic E-state index is 0.0608. The van der Waals surface area contributed by atoms with E-state index in [2.05, 4.69) is 31.5 Å². The van der Waals surface area contributed by atoms with E-state index < -0.39 is 0 Å². The Morgan fingerprint density at radius 2 is 2.10 bits per heavy atom. The molecular formula is C21H24BrClN4O2. The van der Waals surface area contributed by atoms with Crippen molar-refractivity contribution < 1.29 is 9.59 Å². The highest BCUT2D eigenvalue weighted by Gasteiger charge is 2.27. The summed E-state index contributed by atoms with van der Waals surface area (Å²) in [6.45, 7) is 3.52. The number of anilines is 1. The summed E-state index contributed by atoms with van der Waals surface area (Å²) >= 11 is 9.54. The van der Waals surface area contributed by atoms with Crippen LogP contribution >= 0.6 is 27.5 Å². The second-order valence-electron chi connectivity index (χ2n) is 7.24. The van der Waals surface area contributed by atoms with Crippen LogP contribution < -0.4 is 10.6 Å². The molecule has 3 rings (SSSR count). The Balaban J connectivity index is 1.51. The van der Waals surface area contributed by atoms with Gasteiger partial charge in [-0.1, -0.05) is 29.8 Å². The van der Waals surface area contributed by atoms with E-state index in [0.29, 0.717) is 17.4 Å². The molecule has 2 unspecified atom stereocenters. The summed E-state index contributed by atoms with van der Waals surface area (Å²) in [6, 6.07) is 10.9. The van der Waals surface area contributed by atoms with Gasteiger partial charge in [-0.2, -0.15) is 0 Å². The molecule has 0 spiro atoms. The number of piperidine rings is 1. The lowest BCUT2D eigenvalue weighted by Gasteiger charge is -2.31. The number of carbonyl (C=O) groups is 2. The van der Waals surface area contributed by atoms with Gasteiger partial charge >= 0.3 is 0 Å². The van der Waals surface area contributed by atoms with Crippen molar-refractivity contribution in [3.05, 3.63) is 57.7 Å². The summed E-state index contributed by atoms with van der Waals surface area (Å²) in [5.41, 5.74) is 0.889. The molecule has 2 aromatic rings. The maximum atomic E-state index is 12.6. The highest BCUT2D eigenvalue weighted by Crippen LogP contribution is 2.22. The molecule has 154 valence electrons. The average molecular weight is 480 g/mol. The topological polar surface area (TPSA) is 74.3 Å². The first-order valence-corrected chi connectivity index (χ1v) is 10.8. The van der Waals surface area contributed by atoms with Gasteiger partial charge in [-0.3, -0.25) is 14.5 Å². The number of halogens is 2. The molecule has 1 fully saturated rings. The van der Waals surface area contributed by atoms with Gasteiger partial charge in [0.05, 0.1) is 18.5 Å². The fourth-order valence-electron chi connectivity index (χ4n) is 3.49. The monoisotopic (exact) mass is 478 g/mol. The third-order valence-electron chi connectivity index (χ3n) is 4.97. The van der Waals surface area contributed by atoms with Crippen molar-refractivity contribution in [1.82, 2.24) is 15.2 Å². The summed E-state index contributed by atoms with van der Waals surface area (Å²) in [4.78, 5) is 31.3. The number of carbonyl (C=O) groups excluding carboxylic acids is 2. The Labute approximate surface area is 184 Å². The van der Waals surface area contributed by atoms with Gasteiger partial charge in [0, 0.05) is 22.2 Å². The standard InChI is InChI=1S/C21H24BrClN4O2/c1-14(17-6-2-3-7-18(17)23)25-20(28)13-27-10-4-5-15(12-27)21(29)26-19-9-8-16(22)11-24-19/h2-3,6-9,11,14-15H,4-5,10,12-13H2,1H3,(H,25,28)(H,24,26,29). The van der Waals surface area contributed by atoms with Crippen LogP contribution in [0, 0.1) is 5.92 Å².